The van der Waals surface area contributed by atoms with Crippen molar-refractivity contribution in [3.63, 3.8) is 0 Å². The van der Waals surface area contributed by atoms with Gasteiger partial charge in [-0.2, -0.15) is 0 Å². The molecule has 0 spiro atoms. The SMILES string of the molecule is COCCCN(C(=O)C(C)Oc1ccccc1)c1c(N)n(CC(C)C)c(=O)[nH]c1=O. The number of carbonyl (C=O) groups is 1. The van der Waals surface area contributed by atoms with Crippen molar-refractivity contribution in [3.05, 3.63) is 51.2 Å². The van der Waals surface area contributed by atoms with E-state index in [0.29, 0.717) is 25.3 Å². The Morgan fingerprint density at radius 3 is 2.47 bits per heavy atom. The third-order valence-electron chi connectivity index (χ3n) is 4.43. The van der Waals surface area contributed by atoms with Crippen molar-refractivity contribution in [3.8, 4) is 5.75 Å². The van der Waals surface area contributed by atoms with Crippen LogP contribution >= 0.6 is 0 Å². The number of hydrogen-bond donors (Lipinski definition) is 2. The number of nitrogens with two attached hydrogens (primary N) is 1. The number of aromatic nitrogens is 2. The van der Waals surface area contributed by atoms with Crippen LogP contribution in [-0.2, 0) is 16.1 Å². The van der Waals surface area contributed by atoms with Gasteiger partial charge in [0, 0.05) is 26.8 Å². The minimum absolute atomic E-state index is 0.0462. The van der Waals surface area contributed by atoms with Crippen LogP contribution in [0.15, 0.2) is 39.9 Å². The van der Waals surface area contributed by atoms with Crippen LogP contribution in [0.5, 0.6) is 5.75 Å². The summed E-state index contributed by atoms with van der Waals surface area (Å²) in [6.45, 7) is 6.34. The third kappa shape index (κ3) is 5.73. The zero-order valence-corrected chi connectivity index (χ0v) is 17.9. The molecule has 0 aliphatic rings. The van der Waals surface area contributed by atoms with Crippen molar-refractivity contribution >= 4 is 17.4 Å². The summed E-state index contributed by atoms with van der Waals surface area (Å²) in [7, 11) is 1.55. The molecule has 1 heterocycles. The molecular weight excluding hydrogens is 388 g/mol. The number of nitrogens with one attached hydrogen (secondary N) is 1. The van der Waals surface area contributed by atoms with Crippen LogP contribution in [0.1, 0.15) is 27.2 Å². The zero-order valence-electron chi connectivity index (χ0n) is 17.9. The summed E-state index contributed by atoms with van der Waals surface area (Å²) in [6, 6.07) is 8.92. The first kappa shape index (κ1) is 23.2. The molecule has 1 aromatic carbocycles. The fourth-order valence-corrected chi connectivity index (χ4v) is 3.06. The second kappa shape index (κ2) is 10.6. The first-order valence-electron chi connectivity index (χ1n) is 9.90. The third-order valence-corrected chi connectivity index (χ3v) is 4.43. The van der Waals surface area contributed by atoms with Crippen LogP contribution in [0, 0.1) is 5.92 Å². The lowest BCUT2D eigenvalue weighted by molar-refractivity contribution is -0.124. The number of nitrogen functional groups attached to an aromatic ring is 1. The molecule has 30 heavy (non-hydrogen) atoms. The molecule has 0 saturated heterocycles. The molecule has 0 radical (unpaired) electrons. The number of ether oxygens (including phenoxy) is 2. The quantitative estimate of drug-likeness (QED) is 0.566. The van der Waals surface area contributed by atoms with Gasteiger partial charge >= 0.3 is 5.69 Å². The highest BCUT2D eigenvalue weighted by atomic mass is 16.5. The highest BCUT2D eigenvalue weighted by molar-refractivity contribution is 5.98. The van der Waals surface area contributed by atoms with E-state index in [9.17, 15) is 14.4 Å². The molecule has 1 atom stereocenters. The van der Waals surface area contributed by atoms with Gasteiger partial charge in [0.25, 0.3) is 11.5 Å². The molecule has 0 aliphatic carbocycles. The lowest BCUT2D eigenvalue weighted by atomic mass is 10.2. The monoisotopic (exact) mass is 418 g/mol. The Morgan fingerprint density at radius 2 is 1.87 bits per heavy atom. The van der Waals surface area contributed by atoms with Crippen LogP contribution < -0.4 is 26.6 Å². The summed E-state index contributed by atoms with van der Waals surface area (Å²) in [4.78, 5) is 41.7. The van der Waals surface area contributed by atoms with E-state index in [-0.39, 0.29) is 24.0 Å². The fraction of sp³-hybridized carbons (Fsp3) is 0.476. The number of anilines is 2. The number of aromatic amines is 1. The maximum atomic E-state index is 13.2. The first-order valence-corrected chi connectivity index (χ1v) is 9.90. The van der Waals surface area contributed by atoms with E-state index >= 15 is 0 Å². The predicted octanol–water partition coefficient (Wildman–Crippen LogP) is 1.61. The number of nitrogens with zero attached hydrogens (tertiary/aromatic N) is 2. The second-order valence-electron chi connectivity index (χ2n) is 7.41. The van der Waals surface area contributed by atoms with E-state index in [0.717, 1.165) is 0 Å². The molecule has 1 unspecified atom stereocenters. The summed E-state index contributed by atoms with van der Waals surface area (Å²) in [6.07, 6.45) is -0.401. The second-order valence-corrected chi connectivity index (χ2v) is 7.41. The molecule has 3 N–H and O–H groups in total. The molecule has 0 bridgehead atoms. The zero-order chi connectivity index (χ0) is 22.3. The van der Waals surface area contributed by atoms with Gasteiger partial charge in [-0.1, -0.05) is 32.0 Å². The Morgan fingerprint density at radius 1 is 1.20 bits per heavy atom. The number of benzene rings is 1. The summed E-state index contributed by atoms with van der Waals surface area (Å²) < 4.78 is 12.1. The number of carbonyl (C=O) groups excluding carboxylic acids is 1. The van der Waals surface area contributed by atoms with E-state index in [1.807, 2.05) is 19.9 Å². The Hall–Kier alpha value is -3.07. The van der Waals surface area contributed by atoms with E-state index in [1.54, 1.807) is 38.3 Å². The maximum absolute atomic E-state index is 13.2. The van der Waals surface area contributed by atoms with Crippen LogP contribution in [0.2, 0.25) is 0 Å². The van der Waals surface area contributed by atoms with Gasteiger partial charge in [-0.15, -0.1) is 0 Å². The van der Waals surface area contributed by atoms with Crippen molar-refractivity contribution in [1.82, 2.24) is 9.55 Å². The van der Waals surface area contributed by atoms with Crippen molar-refractivity contribution in [2.45, 2.75) is 39.8 Å². The molecule has 0 aliphatic heterocycles. The molecule has 9 heteroatoms. The number of H-pyrrole nitrogens is 1. The van der Waals surface area contributed by atoms with Crippen LogP contribution in [0.4, 0.5) is 11.5 Å². The molecular formula is C21H30N4O5. The van der Waals surface area contributed by atoms with Crippen molar-refractivity contribution in [1.29, 1.82) is 0 Å². The summed E-state index contributed by atoms with van der Waals surface area (Å²) in [5.74, 6) is 0.153. The Kier molecular flexibility index (Phi) is 8.23. The van der Waals surface area contributed by atoms with E-state index < -0.39 is 23.3 Å². The minimum atomic E-state index is -0.876. The van der Waals surface area contributed by atoms with Crippen molar-refractivity contribution in [2.24, 2.45) is 5.92 Å². The topological polar surface area (TPSA) is 120 Å². The van der Waals surface area contributed by atoms with Crippen LogP contribution in [-0.4, -0.2) is 41.8 Å². The molecule has 164 valence electrons. The van der Waals surface area contributed by atoms with Gasteiger partial charge in [-0.3, -0.25) is 19.1 Å². The number of para-hydroxylation sites is 1. The predicted molar refractivity (Wildman–Crippen MR) is 116 cm³/mol. The largest absolute Gasteiger partial charge is 0.481 e. The summed E-state index contributed by atoms with van der Waals surface area (Å²) in [5.41, 5.74) is 4.83. The highest BCUT2D eigenvalue weighted by Crippen LogP contribution is 2.20. The Bertz CT molecular complexity index is 952. The lowest BCUT2D eigenvalue weighted by Crippen LogP contribution is -2.46. The Labute approximate surface area is 175 Å². The summed E-state index contributed by atoms with van der Waals surface area (Å²) in [5, 5.41) is 0. The average Bonchev–Trinajstić information content (AvgIpc) is 2.70. The maximum Gasteiger partial charge on any atom is 0.330 e. The minimum Gasteiger partial charge on any atom is -0.481 e. The van der Waals surface area contributed by atoms with Crippen molar-refractivity contribution in [2.75, 3.05) is 30.9 Å². The molecule has 0 saturated carbocycles. The number of methoxy groups -OCH3 is 1. The fourth-order valence-electron chi connectivity index (χ4n) is 3.06. The first-order chi connectivity index (χ1) is 14.3. The normalized spacial score (nSPS) is 12.0. The average molecular weight is 418 g/mol. The molecule has 0 fully saturated rings. The number of amides is 1. The van der Waals surface area contributed by atoms with Crippen molar-refractivity contribution < 1.29 is 14.3 Å². The van der Waals surface area contributed by atoms with E-state index in [1.165, 1.54) is 9.47 Å². The Balaban J connectivity index is 2.44. The molecule has 2 rings (SSSR count). The van der Waals surface area contributed by atoms with E-state index in [2.05, 4.69) is 4.98 Å². The van der Waals surface area contributed by atoms with Gasteiger partial charge in [0.15, 0.2) is 11.8 Å². The van der Waals surface area contributed by atoms with Gasteiger partial charge in [-0.25, -0.2) is 4.79 Å². The molecule has 2 aromatic rings. The van der Waals surface area contributed by atoms with Crippen LogP contribution in [0.3, 0.4) is 0 Å². The van der Waals surface area contributed by atoms with Gasteiger partial charge in [0.05, 0.1) is 0 Å². The number of hydrogen-bond acceptors (Lipinski definition) is 6. The summed E-state index contributed by atoms with van der Waals surface area (Å²) >= 11 is 0. The lowest BCUT2D eigenvalue weighted by Gasteiger charge is -2.27. The van der Waals surface area contributed by atoms with E-state index in [4.69, 9.17) is 15.2 Å². The van der Waals surface area contributed by atoms with Gasteiger partial charge in [0.2, 0.25) is 0 Å². The van der Waals surface area contributed by atoms with Gasteiger partial charge in [-0.05, 0) is 31.4 Å². The smallest absolute Gasteiger partial charge is 0.330 e. The number of rotatable bonds is 10. The van der Waals surface area contributed by atoms with Crippen LogP contribution in [0.25, 0.3) is 0 Å². The molecule has 1 aromatic heterocycles. The van der Waals surface area contributed by atoms with Gasteiger partial charge in [0.1, 0.15) is 11.6 Å². The molecule has 1 amide bonds. The highest BCUT2D eigenvalue weighted by Gasteiger charge is 2.28. The standard InChI is InChI=1S/C21H30N4O5/c1-14(2)13-25-18(22)17(19(26)23-21(25)28)24(11-8-12-29-4)20(27)15(3)30-16-9-6-5-7-10-16/h5-7,9-10,14-15H,8,11-13,22H2,1-4H3,(H,23,26,28). The molecule has 9 nitrogen and oxygen atoms in total. The van der Waals surface area contributed by atoms with Gasteiger partial charge < -0.3 is 20.1 Å².